The number of nitrogens with two attached hydrogens (primary N) is 1. The molecule has 0 aromatic heterocycles. The summed E-state index contributed by atoms with van der Waals surface area (Å²) in [5.74, 6) is 0.573. The zero-order chi connectivity index (χ0) is 9.52. The highest BCUT2D eigenvalue weighted by Gasteiger charge is 2.21. The Bertz CT molecular complexity index is 153. The summed E-state index contributed by atoms with van der Waals surface area (Å²) < 4.78 is 0. The molecule has 3 nitrogen and oxygen atoms in total. The van der Waals surface area contributed by atoms with Gasteiger partial charge in [0.1, 0.15) is 0 Å². The van der Waals surface area contributed by atoms with E-state index in [9.17, 15) is 4.79 Å². The van der Waals surface area contributed by atoms with Crippen LogP contribution in [-0.2, 0) is 4.79 Å². The van der Waals surface area contributed by atoms with Crippen LogP contribution in [0.2, 0.25) is 0 Å². The van der Waals surface area contributed by atoms with Crippen LogP contribution in [-0.4, -0.2) is 25.5 Å². The molecule has 13 heavy (non-hydrogen) atoms. The van der Waals surface area contributed by atoms with Gasteiger partial charge in [-0.05, 0) is 6.42 Å². The summed E-state index contributed by atoms with van der Waals surface area (Å²) in [7, 11) is 0. The number of unbranched alkanes of at least 4 members (excludes halogenated alkanes) is 1. The second-order valence-electron chi connectivity index (χ2n) is 3.78. The van der Waals surface area contributed by atoms with Crippen molar-refractivity contribution in [2.45, 2.75) is 32.6 Å². The van der Waals surface area contributed by atoms with Crippen LogP contribution >= 0.6 is 0 Å². The van der Waals surface area contributed by atoms with Gasteiger partial charge in [-0.2, -0.15) is 0 Å². The highest BCUT2D eigenvalue weighted by Crippen LogP contribution is 2.08. The molecule has 0 aliphatic carbocycles. The van der Waals surface area contributed by atoms with E-state index in [0.29, 0.717) is 5.92 Å². The molecule has 3 heteroatoms. The largest absolute Gasteiger partial charge is 0.356 e. The highest BCUT2D eigenvalue weighted by molar-refractivity contribution is 5.78. The molecule has 1 fully saturated rings. The number of carbonyl (C=O) groups is 1. The van der Waals surface area contributed by atoms with Crippen molar-refractivity contribution in [3.05, 3.63) is 0 Å². The van der Waals surface area contributed by atoms with Gasteiger partial charge in [0, 0.05) is 25.3 Å². The number of carbonyl (C=O) groups excluding carboxylic acids is 1. The fourth-order valence-corrected chi connectivity index (χ4v) is 1.72. The Hall–Kier alpha value is -0.570. The van der Waals surface area contributed by atoms with E-state index >= 15 is 0 Å². The molecule has 1 heterocycles. The van der Waals surface area contributed by atoms with Crippen molar-refractivity contribution in [1.82, 2.24) is 5.32 Å². The average Bonchev–Trinajstić information content (AvgIpc) is 2.19. The molecule has 1 saturated heterocycles. The van der Waals surface area contributed by atoms with E-state index in [1.807, 2.05) is 0 Å². The molecule has 0 aromatic rings. The van der Waals surface area contributed by atoms with Crippen LogP contribution in [0, 0.1) is 5.92 Å². The number of rotatable bonds is 4. The summed E-state index contributed by atoms with van der Waals surface area (Å²) >= 11 is 0. The van der Waals surface area contributed by atoms with E-state index in [1.54, 1.807) is 0 Å². The zero-order valence-corrected chi connectivity index (χ0v) is 8.51. The van der Waals surface area contributed by atoms with E-state index in [2.05, 4.69) is 17.6 Å². The minimum atomic E-state index is 0.279. The molecule has 0 unspecified atom stereocenters. The Morgan fingerprint density at radius 1 is 1.46 bits per heavy atom. The van der Waals surface area contributed by atoms with Gasteiger partial charge in [-0.25, -0.2) is 0 Å². The number of nitrogens with one attached hydrogen (secondary N) is 1. The second-order valence-corrected chi connectivity index (χ2v) is 3.78. The summed E-state index contributed by atoms with van der Waals surface area (Å²) in [5, 5.41) is 5.29. The lowest BCUT2D eigenvalue weighted by molar-refractivity contribution is -0.664. The number of hydrogen-bond donors (Lipinski definition) is 2. The average molecular weight is 185 g/mol. The van der Waals surface area contributed by atoms with Crippen molar-refractivity contribution < 1.29 is 10.1 Å². The van der Waals surface area contributed by atoms with Crippen molar-refractivity contribution in [3.8, 4) is 0 Å². The third-order valence-electron chi connectivity index (χ3n) is 2.64. The Labute approximate surface area is 80.3 Å². The lowest BCUT2D eigenvalue weighted by Crippen LogP contribution is -2.86. The molecule has 0 bridgehead atoms. The quantitative estimate of drug-likeness (QED) is 0.589. The predicted molar refractivity (Wildman–Crippen MR) is 52.3 cm³/mol. The van der Waals surface area contributed by atoms with Gasteiger partial charge in [0.15, 0.2) is 0 Å². The third-order valence-corrected chi connectivity index (χ3v) is 2.64. The molecule has 1 aliphatic rings. The van der Waals surface area contributed by atoms with Crippen molar-refractivity contribution >= 4 is 5.91 Å². The highest BCUT2D eigenvalue weighted by atomic mass is 16.1. The lowest BCUT2D eigenvalue weighted by atomic mass is 9.97. The van der Waals surface area contributed by atoms with Crippen LogP contribution in [0.25, 0.3) is 0 Å². The molecule has 1 rings (SSSR count). The van der Waals surface area contributed by atoms with E-state index in [4.69, 9.17) is 0 Å². The summed E-state index contributed by atoms with van der Waals surface area (Å²) in [6, 6.07) is 0. The maximum atomic E-state index is 11.5. The van der Waals surface area contributed by atoms with Gasteiger partial charge in [-0.15, -0.1) is 0 Å². The van der Waals surface area contributed by atoms with Gasteiger partial charge < -0.3 is 10.6 Å². The van der Waals surface area contributed by atoms with Gasteiger partial charge in [0.05, 0.1) is 13.1 Å². The Morgan fingerprint density at radius 2 is 2.15 bits per heavy atom. The lowest BCUT2D eigenvalue weighted by Gasteiger charge is -2.19. The molecule has 0 radical (unpaired) electrons. The van der Waals surface area contributed by atoms with E-state index in [1.165, 1.54) is 0 Å². The predicted octanol–water partition coefficient (Wildman–Crippen LogP) is -0.124. The maximum Gasteiger partial charge on any atom is 0.223 e. The molecule has 0 saturated carbocycles. The van der Waals surface area contributed by atoms with Crippen molar-refractivity contribution in [2.75, 3.05) is 19.6 Å². The first kappa shape index (κ1) is 10.5. The number of amides is 1. The standard InChI is InChI=1S/C10H20N2O/c1-2-3-6-12-10(13)9-4-7-11-8-5-9/h9,11H,2-8H2,1H3,(H,12,13)/p+1. The fraction of sp³-hybridized carbons (Fsp3) is 0.900. The monoisotopic (exact) mass is 185 g/mol. The van der Waals surface area contributed by atoms with Gasteiger partial charge in [-0.1, -0.05) is 13.3 Å². The van der Waals surface area contributed by atoms with Crippen molar-refractivity contribution in [3.63, 3.8) is 0 Å². The number of hydrogen-bond acceptors (Lipinski definition) is 1. The molecular formula is C10H21N2O+. The molecule has 76 valence electrons. The SMILES string of the molecule is CCCCNC(=O)C1CC[NH2+]CC1. The first-order valence-electron chi connectivity index (χ1n) is 5.44. The van der Waals surface area contributed by atoms with E-state index in [0.717, 1.165) is 45.3 Å². The summed E-state index contributed by atoms with van der Waals surface area (Å²) in [5.41, 5.74) is 0. The molecule has 0 aromatic carbocycles. The molecule has 1 aliphatic heterocycles. The van der Waals surface area contributed by atoms with Gasteiger partial charge in [-0.3, -0.25) is 4.79 Å². The summed E-state index contributed by atoms with van der Waals surface area (Å²) in [6.07, 6.45) is 4.36. The second kappa shape index (κ2) is 5.97. The topological polar surface area (TPSA) is 45.7 Å². The normalized spacial score (nSPS) is 18.5. The Morgan fingerprint density at radius 3 is 2.77 bits per heavy atom. The van der Waals surface area contributed by atoms with Crippen molar-refractivity contribution in [1.29, 1.82) is 0 Å². The minimum absolute atomic E-state index is 0.279. The minimum Gasteiger partial charge on any atom is -0.356 e. The number of quaternary nitrogens is 1. The van der Waals surface area contributed by atoms with Crippen LogP contribution in [0.5, 0.6) is 0 Å². The Balaban J connectivity index is 2.13. The molecule has 0 atom stereocenters. The van der Waals surface area contributed by atoms with E-state index in [-0.39, 0.29) is 5.91 Å². The van der Waals surface area contributed by atoms with Gasteiger partial charge in [0.2, 0.25) is 5.91 Å². The molecule has 1 amide bonds. The van der Waals surface area contributed by atoms with E-state index < -0.39 is 0 Å². The van der Waals surface area contributed by atoms with Crippen molar-refractivity contribution in [2.24, 2.45) is 5.92 Å². The van der Waals surface area contributed by atoms with Crippen LogP contribution in [0.15, 0.2) is 0 Å². The molecular weight excluding hydrogens is 164 g/mol. The fourth-order valence-electron chi connectivity index (χ4n) is 1.72. The number of piperidine rings is 1. The van der Waals surface area contributed by atoms with Crippen LogP contribution in [0.3, 0.4) is 0 Å². The van der Waals surface area contributed by atoms with Gasteiger partial charge in [0.25, 0.3) is 0 Å². The first-order valence-corrected chi connectivity index (χ1v) is 5.44. The Kier molecular flexibility index (Phi) is 4.83. The molecule has 0 spiro atoms. The third kappa shape index (κ3) is 3.77. The summed E-state index contributed by atoms with van der Waals surface area (Å²) in [6.45, 7) is 5.23. The first-order chi connectivity index (χ1) is 6.34. The van der Waals surface area contributed by atoms with Crippen LogP contribution < -0.4 is 10.6 Å². The smallest absolute Gasteiger partial charge is 0.223 e. The van der Waals surface area contributed by atoms with Gasteiger partial charge >= 0.3 is 0 Å². The maximum absolute atomic E-state index is 11.5. The van der Waals surface area contributed by atoms with Crippen LogP contribution in [0.4, 0.5) is 0 Å². The summed E-state index contributed by atoms with van der Waals surface area (Å²) in [4.78, 5) is 11.5. The zero-order valence-electron chi connectivity index (χ0n) is 8.51. The molecule has 3 N–H and O–H groups in total. The van der Waals surface area contributed by atoms with Crippen LogP contribution in [0.1, 0.15) is 32.6 Å².